The van der Waals surface area contributed by atoms with Gasteiger partial charge in [0, 0.05) is 31.3 Å². The Morgan fingerprint density at radius 3 is 2.43 bits per heavy atom. The molecule has 2 aromatic carbocycles. The van der Waals surface area contributed by atoms with Crippen LogP contribution in [0.25, 0.3) is 0 Å². The van der Waals surface area contributed by atoms with E-state index in [1.165, 1.54) is 5.56 Å². The molecule has 6 nitrogen and oxygen atoms in total. The molecule has 0 saturated heterocycles. The van der Waals surface area contributed by atoms with Gasteiger partial charge in [-0.25, -0.2) is 4.98 Å². The molecule has 0 N–H and O–H groups in total. The summed E-state index contributed by atoms with van der Waals surface area (Å²) in [6, 6.07) is 18.4. The van der Waals surface area contributed by atoms with Crippen LogP contribution in [0.5, 0.6) is 0 Å². The van der Waals surface area contributed by atoms with Gasteiger partial charge in [0.05, 0.1) is 25.6 Å². The van der Waals surface area contributed by atoms with Crippen molar-refractivity contribution in [3.63, 3.8) is 0 Å². The van der Waals surface area contributed by atoms with Gasteiger partial charge in [0.25, 0.3) is 5.56 Å². The summed E-state index contributed by atoms with van der Waals surface area (Å²) in [5.41, 5.74) is 4.91. The summed E-state index contributed by atoms with van der Waals surface area (Å²) in [5, 5.41) is 0. The van der Waals surface area contributed by atoms with Crippen molar-refractivity contribution in [1.82, 2.24) is 14.5 Å². The molecule has 1 aliphatic heterocycles. The summed E-state index contributed by atoms with van der Waals surface area (Å²) in [4.78, 5) is 22.7. The lowest BCUT2D eigenvalue weighted by atomic mass is 10.1. The molecule has 0 aliphatic carbocycles. The minimum atomic E-state index is 0.0283. The van der Waals surface area contributed by atoms with Gasteiger partial charge >= 0.3 is 0 Å². The SMILES string of the molecule is COCCN1CN(c2ccc(C)cc2)c2nc(C)c(Cc3ccccc3)c(=O)n2C1. The van der Waals surface area contributed by atoms with Crippen molar-refractivity contribution in [2.45, 2.75) is 26.9 Å². The fourth-order valence-corrected chi connectivity index (χ4v) is 3.81. The third-order valence-corrected chi connectivity index (χ3v) is 5.55. The molecule has 156 valence electrons. The maximum Gasteiger partial charge on any atom is 0.259 e. The van der Waals surface area contributed by atoms with E-state index >= 15 is 0 Å². The minimum Gasteiger partial charge on any atom is -0.383 e. The lowest BCUT2D eigenvalue weighted by Crippen LogP contribution is -2.48. The summed E-state index contributed by atoms with van der Waals surface area (Å²) in [7, 11) is 1.70. The number of hydrogen-bond acceptors (Lipinski definition) is 5. The van der Waals surface area contributed by atoms with E-state index in [2.05, 4.69) is 41.0 Å². The number of rotatable bonds is 6. The third-order valence-electron chi connectivity index (χ3n) is 5.55. The molecule has 6 heteroatoms. The van der Waals surface area contributed by atoms with Crippen LogP contribution >= 0.6 is 0 Å². The molecule has 1 aliphatic rings. The highest BCUT2D eigenvalue weighted by Gasteiger charge is 2.27. The number of aromatic nitrogens is 2. The van der Waals surface area contributed by atoms with Crippen LogP contribution in [0.2, 0.25) is 0 Å². The van der Waals surface area contributed by atoms with E-state index in [1.54, 1.807) is 11.7 Å². The monoisotopic (exact) mass is 404 g/mol. The highest BCUT2D eigenvalue weighted by atomic mass is 16.5. The van der Waals surface area contributed by atoms with Crippen LogP contribution in [0.4, 0.5) is 11.6 Å². The zero-order valence-corrected chi connectivity index (χ0v) is 17.8. The zero-order chi connectivity index (χ0) is 21.1. The van der Waals surface area contributed by atoms with Crippen LogP contribution in [0.3, 0.4) is 0 Å². The smallest absolute Gasteiger partial charge is 0.259 e. The Bertz CT molecular complexity index is 1060. The van der Waals surface area contributed by atoms with Gasteiger partial charge in [-0.1, -0.05) is 48.0 Å². The molecule has 0 atom stereocenters. The van der Waals surface area contributed by atoms with E-state index in [-0.39, 0.29) is 5.56 Å². The Balaban J connectivity index is 1.77. The number of nitrogens with zero attached hydrogens (tertiary/aromatic N) is 4. The van der Waals surface area contributed by atoms with E-state index in [0.29, 0.717) is 32.3 Å². The first-order valence-corrected chi connectivity index (χ1v) is 10.3. The third kappa shape index (κ3) is 4.15. The molecule has 0 radical (unpaired) electrons. The molecule has 4 rings (SSSR count). The molecule has 0 bridgehead atoms. The van der Waals surface area contributed by atoms with Crippen molar-refractivity contribution >= 4 is 11.6 Å². The second-order valence-corrected chi connectivity index (χ2v) is 7.80. The first-order valence-electron chi connectivity index (χ1n) is 10.3. The number of methoxy groups -OCH3 is 1. The van der Waals surface area contributed by atoms with Crippen molar-refractivity contribution < 1.29 is 4.74 Å². The number of hydrogen-bond donors (Lipinski definition) is 0. The standard InChI is InChI=1S/C24H28N4O2/c1-18-9-11-21(12-10-18)27-16-26(13-14-30-3)17-28-23(29)22(19(2)25-24(27)28)15-20-7-5-4-6-8-20/h4-12H,13-17H2,1-3H3. The molecule has 3 aromatic rings. The Morgan fingerprint density at radius 1 is 1.00 bits per heavy atom. The molecule has 0 fully saturated rings. The van der Waals surface area contributed by atoms with Gasteiger partial charge in [-0.2, -0.15) is 0 Å². The Labute approximate surface area is 177 Å². The molecule has 0 unspecified atom stereocenters. The van der Waals surface area contributed by atoms with Gasteiger partial charge in [0.1, 0.15) is 0 Å². The van der Waals surface area contributed by atoms with Gasteiger partial charge < -0.3 is 4.74 Å². The zero-order valence-electron chi connectivity index (χ0n) is 17.8. The van der Waals surface area contributed by atoms with Crippen LogP contribution in [0.1, 0.15) is 22.4 Å². The average Bonchev–Trinajstić information content (AvgIpc) is 2.76. The topological polar surface area (TPSA) is 50.6 Å². The molecule has 0 spiro atoms. The second kappa shape index (κ2) is 8.81. The van der Waals surface area contributed by atoms with Crippen LogP contribution in [0, 0.1) is 13.8 Å². The number of benzene rings is 2. The predicted octanol–water partition coefficient (Wildman–Crippen LogP) is 3.47. The second-order valence-electron chi connectivity index (χ2n) is 7.80. The highest BCUT2D eigenvalue weighted by molar-refractivity contribution is 5.59. The molecule has 0 saturated carbocycles. The van der Waals surface area contributed by atoms with Crippen molar-refractivity contribution in [3.05, 3.63) is 87.3 Å². The quantitative estimate of drug-likeness (QED) is 0.630. The van der Waals surface area contributed by atoms with E-state index < -0.39 is 0 Å². The van der Waals surface area contributed by atoms with Gasteiger partial charge in [0.2, 0.25) is 5.95 Å². The lowest BCUT2D eigenvalue weighted by molar-refractivity contribution is 0.121. The summed E-state index contributed by atoms with van der Waals surface area (Å²) in [6.07, 6.45) is 0.585. The molecule has 30 heavy (non-hydrogen) atoms. The number of anilines is 2. The van der Waals surface area contributed by atoms with Gasteiger partial charge in [-0.3, -0.25) is 19.2 Å². The average molecular weight is 405 g/mol. The predicted molar refractivity (Wildman–Crippen MR) is 119 cm³/mol. The highest BCUT2D eigenvalue weighted by Crippen LogP contribution is 2.28. The molecular weight excluding hydrogens is 376 g/mol. The summed E-state index contributed by atoms with van der Waals surface area (Å²) < 4.78 is 7.07. The van der Waals surface area contributed by atoms with E-state index in [1.807, 2.05) is 37.3 Å². The number of aryl methyl sites for hydroxylation is 2. The Kier molecular flexibility index (Phi) is 5.97. The Hall–Kier alpha value is -2.96. The van der Waals surface area contributed by atoms with Crippen LogP contribution in [-0.4, -0.2) is 41.4 Å². The molecule has 1 aromatic heterocycles. The summed E-state index contributed by atoms with van der Waals surface area (Å²) in [5.74, 6) is 0.701. The van der Waals surface area contributed by atoms with Crippen LogP contribution in [-0.2, 0) is 17.8 Å². The first kappa shape index (κ1) is 20.3. The van der Waals surface area contributed by atoms with Crippen molar-refractivity contribution in [2.75, 3.05) is 31.8 Å². The number of fused-ring (bicyclic) bond motifs is 1. The number of ether oxygens (including phenoxy) is 1. The van der Waals surface area contributed by atoms with Gasteiger partial charge in [-0.05, 0) is 31.5 Å². The normalized spacial score (nSPS) is 14.0. The summed E-state index contributed by atoms with van der Waals surface area (Å²) in [6.45, 7) is 6.53. The van der Waals surface area contributed by atoms with Gasteiger partial charge in [0.15, 0.2) is 0 Å². The largest absolute Gasteiger partial charge is 0.383 e. The van der Waals surface area contributed by atoms with Crippen LogP contribution < -0.4 is 10.5 Å². The van der Waals surface area contributed by atoms with Crippen molar-refractivity contribution in [3.8, 4) is 0 Å². The molecular formula is C24H28N4O2. The van der Waals surface area contributed by atoms with Crippen molar-refractivity contribution in [1.29, 1.82) is 0 Å². The maximum absolute atomic E-state index is 13.5. The molecule has 0 amide bonds. The van der Waals surface area contributed by atoms with E-state index in [9.17, 15) is 4.79 Å². The van der Waals surface area contributed by atoms with Gasteiger partial charge in [-0.15, -0.1) is 0 Å². The Morgan fingerprint density at radius 2 is 1.73 bits per heavy atom. The van der Waals surface area contributed by atoms with Crippen LogP contribution in [0.15, 0.2) is 59.4 Å². The maximum atomic E-state index is 13.5. The van der Waals surface area contributed by atoms with Crippen molar-refractivity contribution in [2.24, 2.45) is 0 Å². The lowest BCUT2D eigenvalue weighted by Gasteiger charge is -2.38. The fraction of sp³-hybridized carbons (Fsp3) is 0.333. The van der Waals surface area contributed by atoms with E-state index in [0.717, 1.165) is 29.1 Å². The first-order chi connectivity index (χ1) is 14.6. The fourth-order valence-electron chi connectivity index (χ4n) is 3.81. The van der Waals surface area contributed by atoms with E-state index in [4.69, 9.17) is 9.72 Å². The summed E-state index contributed by atoms with van der Waals surface area (Å²) >= 11 is 0. The minimum absolute atomic E-state index is 0.0283. The molecule has 2 heterocycles.